The Labute approximate surface area is 103 Å². The molecule has 0 spiro atoms. The van der Waals surface area contributed by atoms with Crippen LogP contribution in [0.15, 0.2) is 18.2 Å². The Bertz CT molecular complexity index is 401. The molecule has 94 valence electrons. The van der Waals surface area contributed by atoms with E-state index in [1.807, 2.05) is 6.92 Å². The Morgan fingerprint density at radius 3 is 2.82 bits per heavy atom. The highest BCUT2D eigenvalue weighted by Gasteiger charge is 2.31. The van der Waals surface area contributed by atoms with Gasteiger partial charge in [-0.15, -0.1) is 0 Å². The standard InChI is InChI=1S/C14H21NO2/c1-11-4-5-13(12(8-11)9-16)15-6-7-17-10-14(15,2)3/h4-5,8,16H,6-7,9-10H2,1-3H3. The lowest BCUT2D eigenvalue weighted by Gasteiger charge is -2.44. The van der Waals surface area contributed by atoms with Crippen molar-refractivity contribution < 1.29 is 9.84 Å². The third-order valence-electron chi connectivity index (χ3n) is 3.34. The second-order valence-electron chi connectivity index (χ2n) is 5.31. The molecule has 1 aromatic rings. The molecule has 3 heteroatoms. The van der Waals surface area contributed by atoms with Crippen LogP contribution in [-0.4, -0.2) is 30.4 Å². The molecule has 17 heavy (non-hydrogen) atoms. The summed E-state index contributed by atoms with van der Waals surface area (Å²) < 4.78 is 5.53. The van der Waals surface area contributed by atoms with Crippen LogP contribution < -0.4 is 4.90 Å². The van der Waals surface area contributed by atoms with Crippen molar-refractivity contribution in [3.8, 4) is 0 Å². The predicted molar refractivity (Wildman–Crippen MR) is 69.3 cm³/mol. The van der Waals surface area contributed by atoms with Crippen molar-refractivity contribution in [1.82, 2.24) is 0 Å². The van der Waals surface area contributed by atoms with Crippen LogP contribution in [0.1, 0.15) is 25.0 Å². The van der Waals surface area contributed by atoms with Gasteiger partial charge in [-0.2, -0.15) is 0 Å². The Balaban J connectivity index is 2.38. The summed E-state index contributed by atoms with van der Waals surface area (Å²) in [5.74, 6) is 0. The average molecular weight is 235 g/mol. The van der Waals surface area contributed by atoms with Gasteiger partial charge >= 0.3 is 0 Å². The third-order valence-corrected chi connectivity index (χ3v) is 3.34. The van der Waals surface area contributed by atoms with Crippen molar-refractivity contribution in [2.45, 2.75) is 32.9 Å². The van der Waals surface area contributed by atoms with Gasteiger partial charge in [0.15, 0.2) is 0 Å². The number of hydrogen-bond acceptors (Lipinski definition) is 3. The van der Waals surface area contributed by atoms with Gasteiger partial charge < -0.3 is 14.7 Å². The lowest BCUT2D eigenvalue weighted by Crippen LogP contribution is -2.53. The van der Waals surface area contributed by atoms with E-state index in [1.54, 1.807) is 0 Å². The maximum absolute atomic E-state index is 9.49. The molecule has 1 aliphatic rings. The molecule has 1 N–H and O–H groups in total. The van der Waals surface area contributed by atoms with Gasteiger partial charge in [-0.1, -0.05) is 17.7 Å². The van der Waals surface area contributed by atoms with Crippen LogP contribution in [0, 0.1) is 6.92 Å². The number of nitrogens with zero attached hydrogens (tertiary/aromatic N) is 1. The van der Waals surface area contributed by atoms with Crippen molar-refractivity contribution in [2.24, 2.45) is 0 Å². The molecule has 0 radical (unpaired) electrons. The molecule has 0 aliphatic carbocycles. The molecule has 1 aliphatic heterocycles. The summed E-state index contributed by atoms with van der Waals surface area (Å²) in [5.41, 5.74) is 3.30. The average Bonchev–Trinajstić information content (AvgIpc) is 2.29. The van der Waals surface area contributed by atoms with Crippen LogP contribution in [0.5, 0.6) is 0 Å². The van der Waals surface area contributed by atoms with Crippen molar-refractivity contribution in [3.63, 3.8) is 0 Å². The molecule has 3 nitrogen and oxygen atoms in total. The van der Waals surface area contributed by atoms with Gasteiger partial charge in [0, 0.05) is 17.8 Å². The lowest BCUT2D eigenvalue weighted by molar-refractivity contribution is 0.0641. The van der Waals surface area contributed by atoms with E-state index in [1.165, 1.54) is 5.56 Å². The van der Waals surface area contributed by atoms with Gasteiger partial charge in [0.2, 0.25) is 0 Å². The summed E-state index contributed by atoms with van der Waals surface area (Å²) >= 11 is 0. The van der Waals surface area contributed by atoms with Crippen LogP contribution in [-0.2, 0) is 11.3 Å². The molecule has 1 aromatic carbocycles. The van der Waals surface area contributed by atoms with Crippen molar-refractivity contribution >= 4 is 5.69 Å². The van der Waals surface area contributed by atoms with E-state index in [-0.39, 0.29) is 12.1 Å². The minimum absolute atomic E-state index is 0.0164. The number of anilines is 1. The molecular weight excluding hydrogens is 214 g/mol. The maximum Gasteiger partial charge on any atom is 0.0702 e. The largest absolute Gasteiger partial charge is 0.392 e. The van der Waals surface area contributed by atoms with Crippen LogP contribution in [0.25, 0.3) is 0 Å². The third kappa shape index (κ3) is 2.45. The topological polar surface area (TPSA) is 32.7 Å². The minimum atomic E-state index is -0.0164. The summed E-state index contributed by atoms with van der Waals surface area (Å²) in [5, 5.41) is 9.49. The highest BCUT2D eigenvalue weighted by Crippen LogP contribution is 2.30. The van der Waals surface area contributed by atoms with Crippen LogP contribution in [0.2, 0.25) is 0 Å². The fraction of sp³-hybridized carbons (Fsp3) is 0.571. The Morgan fingerprint density at radius 1 is 1.41 bits per heavy atom. The Morgan fingerprint density at radius 2 is 2.18 bits per heavy atom. The van der Waals surface area contributed by atoms with Gasteiger partial charge in [-0.25, -0.2) is 0 Å². The number of aliphatic hydroxyl groups is 1. The number of ether oxygens (including phenoxy) is 1. The Kier molecular flexibility index (Phi) is 3.40. The second kappa shape index (κ2) is 4.67. The molecule has 0 saturated carbocycles. The van der Waals surface area contributed by atoms with Crippen molar-refractivity contribution in [1.29, 1.82) is 0 Å². The van der Waals surface area contributed by atoms with Gasteiger partial charge in [-0.05, 0) is 26.8 Å². The van der Waals surface area contributed by atoms with E-state index in [9.17, 15) is 5.11 Å². The van der Waals surface area contributed by atoms with E-state index in [4.69, 9.17) is 4.74 Å². The van der Waals surface area contributed by atoms with Gasteiger partial charge in [0.05, 0.1) is 25.4 Å². The number of morpholine rings is 1. The highest BCUT2D eigenvalue weighted by atomic mass is 16.5. The summed E-state index contributed by atoms with van der Waals surface area (Å²) in [6, 6.07) is 6.26. The first-order valence-corrected chi connectivity index (χ1v) is 6.10. The van der Waals surface area contributed by atoms with Crippen LogP contribution in [0.4, 0.5) is 5.69 Å². The summed E-state index contributed by atoms with van der Waals surface area (Å²) in [6.07, 6.45) is 0. The fourth-order valence-corrected chi connectivity index (χ4v) is 2.41. The smallest absolute Gasteiger partial charge is 0.0702 e. The molecule has 0 aromatic heterocycles. The monoisotopic (exact) mass is 235 g/mol. The first-order chi connectivity index (χ1) is 8.04. The van der Waals surface area contributed by atoms with Gasteiger partial charge in [0.25, 0.3) is 0 Å². The molecule has 0 atom stereocenters. The van der Waals surface area contributed by atoms with E-state index in [0.717, 1.165) is 31.0 Å². The molecule has 0 amide bonds. The normalized spacial score (nSPS) is 19.4. The van der Waals surface area contributed by atoms with Crippen molar-refractivity contribution in [3.05, 3.63) is 29.3 Å². The van der Waals surface area contributed by atoms with Crippen LogP contribution in [0.3, 0.4) is 0 Å². The molecule has 0 unspecified atom stereocenters. The quantitative estimate of drug-likeness (QED) is 0.852. The maximum atomic E-state index is 9.49. The summed E-state index contributed by atoms with van der Waals surface area (Å²) in [6.45, 7) is 8.84. The molecule has 1 saturated heterocycles. The van der Waals surface area contributed by atoms with Gasteiger partial charge in [0.1, 0.15) is 0 Å². The molecule has 1 fully saturated rings. The van der Waals surface area contributed by atoms with Crippen molar-refractivity contribution in [2.75, 3.05) is 24.7 Å². The van der Waals surface area contributed by atoms with Crippen LogP contribution >= 0.6 is 0 Å². The minimum Gasteiger partial charge on any atom is -0.392 e. The highest BCUT2D eigenvalue weighted by molar-refractivity contribution is 5.57. The molecule has 1 heterocycles. The van der Waals surface area contributed by atoms with E-state index >= 15 is 0 Å². The molecule has 2 rings (SSSR count). The zero-order valence-electron chi connectivity index (χ0n) is 10.9. The second-order valence-corrected chi connectivity index (χ2v) is 5.31. The summed E-state index contributed by atoms with van der Waals surface area (Å²) in [4.78, 5) is 2.33. The first-order valence-electron chi connectivity index (χ1n) is 6.10. The Hall–Kier alpha value is -1.06. The van der Waals surface area contributed by atoms with E-state index in [2.05, 4.69) is 36.9 Å². The number of aryl methyl sites for hydroxylation is 1. The fourth-order valence-electron chi connectivity index (χ4n) is 2.41. The van der Waals surface area contributed by atoms with E-state index in [0.29, 0.717) is 0 Å². The lowest BCUT2D eigenvalue weighted by atomic mass is 9.99. The molecular formula is C14H21NO2. The molecule has 0 bridgehead atoms. The number of hydrogen-bond donors (Lipinski definition) is 1. The SMILES string of the molecule is Cc1ccc(N2CCOCC2(C)C)c(CO)c1. The summed E-state index contributed by atoms with van der Waals surface area (Å²) in [7, 11) is 0. The zero-order valence-corrected chi connectivity index (χ0v) is 10.9. The zero-order chi connectivity index (χ0) is 12.5. The first kappa shape index (κ1) is 12.4. The number of rotatable bonds is 2. The van der Waals surface area contributed by atoms with E-state index < -0.39 is 0 Å². The number of aliphatic hydroxyl groups excluding tert-OH is 1. The van der Waals surface area contributed by atoms with Gasteiger partial charge in [-0.3, -0.25) is 0 Å². The predicted octanol–water partition coefficient (Wildman–Crippen LogP) is 2.10. The number of benzene rings is 1.